The number of piperazine rings is 1. The Bertz CT molecular complexity index is 697. The van der Waals surface area contributed by atoms with Gasteiger partial charge in [0.1, 0.15) is 0 Å². The van der Waals surface area contributed by atoms with Crippen LogP contribution in [0.25, 0.3) is 0 Å². The zero-order valence-corrected chi connectivity index (χ0v) is 16.1. The van der Waals surface area contributed by atoms with E-state index in [1.807, 2.05) is 23.1 Å². The summed E-state index contributed by atoms with van der Waals surface area (Å²) in [5.74, 6) is 0. The molecule has 4 nitrogen and oxygen atoms in total. The monoisotopic (exact) mass is 375 g/mol. The van der Waals surface area contributed by atoms with E-state index >= 15 is 0 Å². The Labute approximate surface area is 158 Å². The van der Waals surface area contributed by atoms with E-state index in [-0.39, 0.29) is 6.61 Å². The molecule has 134 valence electrons. The molecule has 1 saturated heterocycles. The lowest BCUT2D eigenvalue weighted by atomic mass is 10.2. The molecule has 2 aliphatic rings. The molecule has 3 heterocycles. The molecule has 4 rings (SSSR count). The molecule has 1 fully saturated rings. The number of rotatable bonds is 6. The van der Waals surface area contributed by atoms with Gasteiger partial charge in [-0.3, -0.25) is 4.90 Å². The molecule has 0 atom stereocenters. The highest BCUT2D eigenvalue weighted by Crippen LogP contribution is 2.50. The summed E-state index contributed by atoms with van der Waals surface area (Å²) in [7, 11) is 0. The number of β-amino-alcohol motifs (C(OH)–C–C–N with tert-alkyl or cyclic N) is 1. The number of aliphatic hydroxyl groups is 1. The Hall–Kier alpha value is -1.05. The second-order valence-corrected chi connectivity index (χ2v) is 8.80. The first-order valence-electron chi connectivity index (χ1n) is 9.02. The zero-order chi connectivity index (χ0) is 17.1. The maximum Gasteiger partial charge on any atom is 0.0884 e. The second kappa shape index (κ2) is 8.10. The van der Waals surface area contributed by atoms with Crippen molar-refractivity contribution in [1.82, 2.24) is 9.80 Å². The van der Waals surface area contributed by atoms with E-state index in [0.717, 1.165) is 45.8 Å². The van der Waals surface area contributed by atoms with Gasteiger partial charge in [0, 0.05) is 44.2 Å². The molecule has 0 saturated carbocycles. The third kappa shape index (κ3) is 3.88. The summed E-state index contributed by atoms with van der Waals surface area (Å²) in [6.07, 6.45) is 1.17. The van der Waals surface area contributed by atoms with Crippen molar-refractivity contribution < 1.29 is 5.11 Å². The lowest BCUT2D eigenvalue weighted by molar-refractivity contribution is 0.112. The van der Waals surface area contributed by atoms with Crippen molar-refractivity contribution >= 4 is 34.5 Å². The van der Waals surface area contributed by atoms with Crippen LogP contribution in [0.3, 0.4) is 0 Å². The molecule has 2 aliphatic heterocycles. The highest BCUT2D eigenvalue weighted by Gasteiger charge is 2.24. The van der Waals surface area contributed by atoms with Gasteiger partial charge in [0.25, 0.3) is 0 Å². The maximum absolute atomic E-state index is 9.05. The highest BCUT2D eigenvalue weighted by atomic mass is 32.2. The smallest absolute Gasteiger partial charge is 0.0884 e. The van der Waals surface area contributed by atoms with Crippen LogP contribution < -0.4 is 4.90 Å². The lowest BCUT2D eigenvalue weighted by Gasteiger charge is -2.35. The van der Waals surface area contributed by atoms with Gasteiger partial charge >= 0.3 is 0 Å². The molecular formula is C19H25N3OS2. The molecule has 0 aliphatic carbocycles. The average Bonchev–Trinajstić information content (AvgIpc) is 3.11. The van der Waals surface area contributed by atoms with E-state index in [4.69, 9.17) is 5.11 Å². The number of fused-ring (bicyclic) bond motifs is 2. The third-order valence-electron chi connectivity index (χ3n) is 5.00. The number of hydrogen-bond acceptors (Lipinski definition) is 6. The normalized spacial score (nSPS) is 18.2. The molecular weight excluding hydrogens is 350 g/mol. The van der Waals surface area contributed by atoms with E-state index in [1.54, 1.807) is 0 Å². The molecule has 0 unspecified atom stereocenters. The minimum absolute atomic E-state index is 0.273. The summed E-state index contributed by atoms with van der Waals surface area (Å²) in [4.78, 5) is 8.79. The number of nitrogens with zero attached hydrogens (tertiary/aromatic N) is 3. The molecule has 0 radical (unpaired) electrons. The predicted octanol–water partition coefficient (Wildman–Crippen LogP) is 3.35. The fourth-order valence-corrected chi connectivity index (χ4v) is 5.79. The predicted molar refractivity (Wildman–Crippen MR) is 106 cm³/mol. The molecule has 1 aromatic heterocycles. The molecule has 0 spiro atoms. The molecule has 0 bridgehead atoms. The van der Waals surface area contributed by atoms with Gasteiger partial charge in [0.15, 0.2) is 0 Å². The van der Waals surface area contributed by atoms with Gasteiger partial charge in [-0.15, -0.1) is 11.3 Å². The van der Waals surface area contributed by atoms with Crippen molar-refractivity contribution in [1.29, 1.82) is 0 Å². The summed E-state index contributed by atoms with van der Waals surface area (Å²) in [6, 6.07) is 11.0. The minimum atomic E-state index is 0.273. The number of benzene rings is 1. The maximum atomic E-state index is 9.05. The van der Waals surface area contributed by atoms with Crippen molar-refractivity contribution in [3.05, 3.63) is 35.7 Å². The van der Waals surface area contributed by atoms with E-state index in [1.165, 1.54) is 26.9 Å². The van der Waals surface area contributed by atoms with Gasteiger partial charge in [0.05, 0.1) is 22.2 Å². The standard InChI is InChI=1S/C19H25N3OS2/c23-14-13-21-11-9-20(10-12-21)7-3-8-22-16-4-1-2-5-18(16)25-19-17(22)6-15-24-19/h1-2,4-6,15,23H,3,7-14H2. The summed E-state index contributed by atoms with van der Waals surface area (Å²) >= 11 is 3.74. The van der Waals surface area contributed by atoms with Gasteiger partial charge < -0.3 is 14.9 Å². The van der Waals surface area contributed by atoms with Crippen molar-refractivity contribution in [2.75, 3.05) is 57.3 Å². The Morgan fingerprint density at radius 1 is 0.880 bits per heavy atom. The molecule has 0 amide bonds. The van der Waals surface area contributed by atoms with Crippen molar-refractivity contribution in [2.24, 2.45) is 0 Å². The first-order valence-corrected chi connectivity index (χ1v) is 10.7. The van der Waals surface area contributed by atoms with Crippen molar-refractivity contribution in [3.63, 3.8) is 0 Å². The molecule has 6 heteroatoms. The van der Waals surface area contributed by atoms with E-state index in [2.05, 4.69) is 50.4 Å². The number of thiophene rings is 1. The van der Waals surface area contributed by atoms with Gasteiger partial charge in [-0.2, -0.15) is 0 Å². The van der Waals surface area contributed by atoms with Crippen LogP contribution in [0.15, 0.2) is 44.8 Å². The topological polar surface area (TPSA) is 30.0 Å². The lowest BCUT2D eigenvalue weighted by Crippen LogP contribution is -2.47. The number of anilines is 2. The molecule has 2 aromatic rings. The quantitative estimate of drug-likeness (QED) is 0.836. The van der Waals surface area contributed by atoms with Crippen LogP contribution in [0, 0.1) is 0 Å². The Morgan fingerprint density at radius 2 is 1.64 bits per heavy atom. The summed E-state index contributed by atoms with van der Waals surface area (Å²) in [6.45, 7) is 7.71. The zero-order valence-electron chi connectivity index (χ0n) is 14.4. The molecule has 25 heavy (non-hydrogen) atoms. The van der Waals surface area contributed by atoms with Crippen LogP contribution in [-0.2, 0) is 0 Å². The first-order chi connectivity index (χ1) is 12.3. The van der Waals surface area contributed by atoms with Crippen molar-refractivity contribution in [2.45, 2.75) is 15.5 Å². The fourth-order valence-electron chi connectivity index (χ4n) is 3.63. The average molecular weight is 376 g/mol. The van der Waals surface area contributed by atoms with Crippen LogP contribution >= 0.6 is 23.1 Å². The third-order valence-corrected chi connectivity index (χ3v) is 7.19. The van der Waals surface area contributed by atoms with Gasteiger partial charge in [-0.1, -0.05) is 23.9 Å². The fraction of sp³-hybridized carbons (Fsp3) is 0.474. The van der Waals surface area contributed by atoms with E-state index in [9.17, 15) is 0 Å². The molecule has 1 aromatic carbocycles. The SMILES string of the molecule is OCCN1CCN(CCCN2c3ccccc3Sc3sccc32)CC1. The molecule has 1 N–H and O–H groups in total. The van der Waals surface area contributed by atoms with E-state index in [0.29, 0.717) is 0 Å². The Balaban J connectivity index is 1.35. The largest absolute Gasteiger partial charge is 0.395 e. The Morgan fingerprint density at radius 3 is 2.44 bits per heavy atom. The van der Waals surface area contributed by atoms with Crippen LogP contribution in [0.4, 0.5) is 11.4 Å². The summed E-state index contributed by atoms with van der Waals surface area (Å²) in [5, 5.41) is 11.3. The van der Waals surface area contributed by atoms with E-state index < -0.39 is 0 Å². The first kappa shape index (κ1) is 17.4. The summed E-state index contributed by atoms with van der Waals surface area (Å²) in [5.41, 5.74) is 2.73. The van der Waals surface area contributed by atoms with Gasteiger partial charge in [-0.05, 0) is 36.5 Å². The number of para-hydroxylation sites is 1. The number of aliphatic hydroxyl groups excluding tert-OH is 1. The van der Waals surface area contributed by atoms with Crippen LogP contribution in [-0.4, -0.2) is 67.3 Å². The van der Waals surface area contributed by atoms with Crippen LogP contribution in [0.1, 0.15) is 6.42 Å². The van der Waals surface area contributed by atoms with Crippen LogP contribution in [0.2, 0.25) is 0 Å². The van der Waals surface area contributed by atoms with Gasteiger partial charge in [-0.25, -0.2) is 0 Å². The van der Waals surface area contributed by atoms with Crippen molar-refractivity contribution in [3.8, 4) is 0 Å². The summed E-state index contributed by atoms with van der Waals surface area (Å²) < 4.78 is 1.41. The highest BCUT2D eigenvalue weighted by molar-refractivity contribution is 8.01. The van der Waals surface area contributed by atoms with Gasteiger partial charge in [0.2, 0.25) is 0 Å². The van der Waals surface area contributed by atoms with Crippen LogP contribution in [0.5, 0.6) is 0 Å². The second-order valence-electron chi connectivity index (χ2n) is 6.58. The minimum Gasteiger partial charge on any atom is -0.395 e. The Kier molecular flexibility index (Phi) is 5.63. The number of hydrogen-bond donors (Lipinski definition) is 1.